The number of unbranched alkanes of at least 4 members (excludes halogenated alkanes) is 30. The van der Waals surface area contributed by atoms with Crippen molar-refractivity contribution in [2.24, 2.45) is 0 Å². The van der Waals surface area contributed by atoms with Crippen LogP contribution in [0.15, 0.2) is 24.3 Å². The Balaban J connectivity index is 2.21. The molecule has 1 amide bonds. The summed E-state index contributed by atoms with van der Waals surface area (Å²) in [6.07, 6.45) is 44.8. The maximum atomic E-state index is 13.0. The first-order valence-electron chi connectivity index (χ1n) is 26.0. The Labute approximate surface area is 375 Å². The molecule has 360 valence electrons. The lowest BCUT2D eigenvalue weighted by molar-refractivity contribution is -0.302. The van der Waals surface area contributed by atoms with Crippen LogP contribution in [0.2, 0.25) is 0 Å². The number of carbonyl (C=O) groups excluding carboxylic acids is 1. The summed E-state index contributed by atoms with van der Waals surface area (Å²) < 4.78 is 11.3. The number of amides is 1. The monoisotopic (exact) mass is 866 g/mol. The van der Waals surface area contributed by atoms with Crippen LogP contribution in [-0.2, 0) is 14.3 Å². The number of ether oxygens (including phenoxy) is 2. The Bertz CT molecular complexity index is 1010. The standard InChI is InChI=1S/C52H99NO8/c1-3-5-7-9-11-13-15-17-18-19-20-21-22-23-24-25-26-27-28-30-32-34-36-38-40-42-48(56)53-45(44-60-52-51(59)50(58)49(57)47(43-54)61-52)46(55)41-39-37-35-33-31-29-16-14-12-10-8-6-4-2/h15,17,19-20,45-47,49-52,54-55,57-59H,3-14,16,18,21-44H2,1-2H3,(H,53,56)/b17-15-,20-19-. The maximum Gasteiger partial charge on any atom is 0.220 e. The van der Waals surface area contributed by atoms with Gasteiger partial charge >= 0.3 is 0 Å². The van der Waals surface area contributed by atoms with Crippen molar-refractivity contribution in [3.63, 3.8) is 0 Å². The molecule has 9 nitrogen and oxygen atoms in total. The van der Waals surface area contributed by atoms with E-state index in [1.807, 2.05) is 0 Å². The van der Waals surface area contributed by atoms with Crippen molar-refractivity contribution in [1.29, 1.82) is 0 Å². The van der Waals surface area contributed by atoms with E-state index in [4.69, 9.17) is 9.47 Å². The predicted molar refractivity (Wildman–Crippen MR) is 253 cm³/mol. The Morgan fingerprint density at radius 3 is 1.41 bits per heavy atom. The molecule has 0 aromatic heterocycles. The van der Waals surface area contributed by atoms with Gasteiger partial charge in [0.05, 0.1) is 25.4 Å². The smallest absolute Gasteiger partial charge is 0.220 e. The van der Waals surface area contributed by atoms with Crippen LogP contribution in [-0.4, -0.2) is 87.5 Å². The summed E-state index contributed by atoms with van der Waals surface area (Å²) in [5, 5.41) is 54.5. The summed E-state index contributed by atoms with van der Waals surface area (Å²) >= 11 is 0. The fraction of sp³-hybridized carbons (Fsp3) is 0.904. The molecule has 1 saturated heterocycles. The van der Waals surface area contributed by atoms with E-state index in [1.54, 1.807) is 0 Å². The zero-order chi connectivity index (χ0) is 44.4. The molecule has 6 N–H and O–H groups in total. The molecule has 0 saturated carbocycles. The number of allylic oxidation sites excluding steroid dienone is 4. The lowest BCUT2D eigenvalue weighted by atomic mass is 9.99. The van der Waals surface area contributed by atoms with Gasteiger partial charge < -0.3 is 40.3 Å². The zero-order valence-electron chi connectivity index (χ0n) is 39.7. The fourth-order valence-corrected chi connectivity index (χ4v) is 8.37. The van der Waals surface area contributed by atoms with E-state index in [1.165, 1.54) is 173 Å². The van der Waals surface area contributed by atoms with Gasteiger partial charge in [-0.2, -0.15) is 0 Å². The maximum absolute atomic E-state index is 13.0. The number of aliphatic hydroxyl groups excluding tert-OH is 5. The van der Waals surface area contributed by atoms with E-state index < -0.39 is 49.5 Å². The van der Waals surface area contributed by atoms with Gasteiger partial charge in [-0.05, 0) is 44.9 Å². The fourth-order valence-electron chi connectivity index (χ4n) is 8.37. The molecule has 1 rings (SSSR count). The minimum atomic E-state index is -1.55. The first-order valence-corrected chi connectivity index (χ1v) is 26.0. The molecule has 0 radical (unpaired) electrons. The minimum Gasteiger partial charge on any atom is -0.394 e. The molecule has 0 spiro atoms. The SMILES string of the molecule is CCCCCCC/C=C\C/C=C\CCCCCCCCCCCCCCCC(=O)NC(COC1OC(CO)C(O)C(O)C1O)C(O)CCCCCCCCCCCCCCC. The molecule has 7 atom stereocenters. The molecule has 1 aliphatic heterocycles. The Morgan fingerprint density at radius 1 is 0.557 bits per heavy atom. The second kappa shape index (κ2) is 42.6. The van der Waals surface area contributed by atoms with Gasteiger partial charge in [-0.1, -0.05) is 218 Å². The van der Waals surface area contributed by atoms with E-state index in [9.17, 15) is 30.3 Å². The highest BCUT2D eigenvalue weighted by Gasteiger charge is 2.44. The van der Waals surface area contributed by atoms with Crippen LogP contribution < -0.4 is 5.32 Å². The molecular formula is C52H99NO8. The van der Waals surface area contributed by atoms with Crippen molar-refractivity contribution in [2.45, 2.75) is 288 Å². The number of rotatable bonds is 44. The molecule has 1 aliphatic rings. The van der Waals surface area contributed by atoms with Crippen LogP contribution in [0.5, 0.6) is 0 Å². The van der Waals surface area contributed by atoms with E-state index in [2.05, 4.69) is 43.5 Å². The van der Waals surface area contributed by atoms with Crippen molar-refractivity contribution in [3.8, 4) is 0 Å². The summed E-state index contributed by atoms with van der Waals surface area (Å²) in [4.78, 5) is 13.0. The topological polar surface area (TPSA) is 149 Å². The zero-order valence-corrected chi connectivity index (χ0v) is 39.7. The van der Waals surface area contributed by atoms with Crippen LogP contribution in [0.4, 0.5) is 0 Å². The lowest BCUT2D eigenvalue weighted by Crippen LogP contribution is -2.60. The summed E-state index contributed by atoms with van der Waals surface area (Å²) in [7, 11) is 0. The van der Waals surface area contributed by atoms with Crippen molar-refractivity contribution < 1.29 is 39.8 Å². The van der Waals surface area contributed by atoms with Crippen molar-refractivity contribution in [1.82, 2.24) is 5.32 Å². The second-order valence-corrected chi connectivity index (χ2v) is 18.3. The van der Waals surface area contributed by atoms with Gasteiger partial charge in [-0.3, -0.25) is 4.79 Å². The molecule has 1 heterocycles. The molecule has 0 aromatic carbocycles. The summed E-state index contributed by atoms with van der Waals surface area (Å²) in [5.41, 5.74) is 0. The highest BCUT2D eigenvalue weighted by Crippen LogP contribution is 2.23. The summed E-state index contributed by atoms with van der Waals surface area (Å²) in [5.74, 6) is -0.144. The van der Waals surface area contributed by atoms with Crippen LogP contribution >= 0.6 is 0 Å². The Kier molecular flexibility index (Phi) is 40.3. The highest BCUT2D eigenvalue weighted by molar-refractivity contribution is 5.76. The quantitative estimate of drug-likeness (QED) is 0.0262. The van der Waals surface area contributed by atoms with Gasteiger partial charge in [0, 0.05) is 6.42 Å². The van der Waals surface area contributed by atoms with Gasteiger partial charge in [0.25, 0.3) is 0 Å². The molecule has 0 aliphatic carbocycles. The van der Waals surface area contributed by atoms with Crippen LogP contribution in [0, 0.1) is 0 Å². The van der Waals surface area contributed by atoms with Gasteiger partial charge in [0.15, 0.2) is 6.29 Å². The van der Waals surface area contributed by atoms with Crippen molar-refractivity contribution in [2.75, 3.05) is 13.2 Å². The molecule has 0 bridgehead atoms. The lowest BCUT2D eigenvalue weighted by Gasteiger charge is -2.40. The first-order chi connectivity index (χ1) is 29.8. The first kappa shape index (κ1) is 57.7. The summed E-state index contributed by atoms with van der Waals surface area (Å²) in [6.45, 7) is 3.83. The Hall–Kier alpha value is -1.33. The summed E-state index contributed by atoms with van der Waals surface area (Å²) in [6, 6.07) is -0.716. The third-order valence-corrected chi connectivity index (χ3v) is 12.6. The highest BCUT2D eigenvalue weighted by atomic mass is 16.7. The van der Waals surface area contributed by atoms with Crippen LogP contribution in [0.25, 0.3) is 0 Å². The number of carbonyl (C=O) groups is 1. The average molecular weight is 866 g/mol. The molecular weight excluding hydrogens is 767 g/mol. The van der Waals surface area contributed by atoms with Gasteiger partial charge in [0.2, 0.25) is 5.91 Å². The van der Waals surface area contributed by atoms with Gasteiger partial charge in [-0.15, -0.1) is 0 Å². The number of hydrogen-bond acceptors (Lipinski definition) is 8. The third-order valence-electron chi connectivity index (χ3n) is 12.6. The molecule has 0 aromatic rings. The molecule has 9 heteroatoms. The second-order valence-electron chi connectivity index (χ2n) is 18.3. The van der Waals surface area contributed by atoms with E-state index >= 15 is 0 Å². The molecule has 61 heavy (non-hydrogen) atoms. The van der Waals surface area contributed by atoms with E-state index in [0.717, 1.165) is 44.9 Å². The van der Waals surface area contributed by atoms with Crippen LogP contribution in [0.1, 0.15) is 245 Å². The normalized spacial score (nSPS) is 20.5. The number of aliphatic hydroxyl groups is 5. The van der Waals surface area contributed by atoms with Gasteiger partial charge in [0.1, 0.15) is 24.4 Å². The van der Waals surface area contributed by atoms with Crippen LogP contribution in [0.3, 0.4) is 0 Å². The van der Waals surface area contributed by atoms with Crippen molar-refractivity contribution >= 4 is 5.91 Å². The predicted octanol–water partition coefficient (Wildman–Crippen LogP) is 11.8. The third kappa shape index (κ3) is 32.9. The number of hydrogen-bond donors (Lipinski definition) is 6. The number of nitrogens with one attached hydrogen (secondary N) is 1. The van der Waals surface area contributed by atoms with E-state index in [0.29, 0.717) is 12.8 Å². The minimum absolute atomic E-state index is 0.136. The molecule has 7 unspecified atom stereocenters. The van der Waals surface area contributed by atoms with Crippen molar-refractivity contribution in [3.05, 3.63) is 24.3 Å². The average Bonchev–Trinajstić information content (AvgIpc) is 3.26. The van der Waals surface area contributed by atoms with Gasteiger partial charge in [-0.25, -0.2) is 0 Å². The van der Waals surface area contributed by atoms with E-state index in [-0.39, 0.29) is 12.5 Å². The molecule has 1 fully saturated rings. The largest absolute Gasteiger partial charge is 0.394 e. The Morgan fingerprint density at radius 2 is 0.967 bits per heavy atom.